The number of hydrogen-bond donors (Lipinski definition) is 2. The molecular formula is C10H13N3O3. The van der Waals surface area contributed by atoms with Gasteiger partial charge in [0.25, 0.3) is 0 Å². The Kier molecular flexibility index (Phi) is 4.91. The molecule has 0 spiro atoms. The summed E-state index contributed by atoms with van der Waals surface area (Å²) in [4.78, 5) is 28.5. The topological polar surface area (TPSA) is 92.2 Å². The predicted molar refractivity (Wildman–Crippen MR) is 55.6 cm³/mol. The maximum atomic E-state index is 10.4. The maximum absolute atomic E-state index is 10.4. The minimum Gasteiger partial charge on any atom is -0.481 e. The third-order valence-corrected chi connectivity index (χ3v) is 2.11. The fourth-order valence-electron chi connectivity index (χ4n) is 1.36. The Balaban J connectivity index is 2.50. The highest BCUT2D eigenvalue weighted by Gasteiger charge is 2.10. The van der Waals surface area contributed by atoms with E-state index in [0.29, 0.717) is 19.3 Å². The van der Waals surface area contributed by atoms with Crippen molar-refractivity contribution in [1.29, 1.82) is 0 Å². The second-order valence-electron chi connectivity index (χ2n) is 3.36. The summed E-state index contributed by atoms with van der Waals surface area (Å²) in [5.41, 5.74) is 0.868. The molecule has 2 N–H and O–H groups in total. The molecule has 0 saturated heterocycles. The van der Waals surface area contributed by atoms with E-state index in [1.165, 1.54) is 6.33 Å². The predicted octanol–water partition coefficient (Wildman–Crippen LogP) is -0.00150. The Morgan fingerprint density at radius 3 is 2.75 bits per heavy atom. The van der Waals surface area contributed by atoms with E-state index in [-0.39, 0.29) is 12.5 Å². The molecule has 1 aromatic rings. The van der Waals surface area contributed by atoms with Gasteiger partial charge in [-0.15, -0.1) is 0 Å². The van der Waals surface area contributed by atoms with Gasteiger partial charge in [-0.2, -0.15) is 0 Å². The number of aliphatic carboxylic acids is 1. The van der Waals surface area contributed by atoms with E-state index in [9.17, 15) is 9.59 Å². The minimum absolute atomic E-state index is 0.0270. The summed E-state index contributed by atoms with van der Waals surface area (Å²) >= 11 is 0. The van der Waals surface area contributed by atoms with Gasteiger partial charge in [-0.3, -0.25) is 9.59 Å². The molecule has 0 aliphatic heterocycles. The third kappa shape index (κ3) is 4.50. The van der Waals surface area contributed by atoms with Crippen LogP contribution in [0.15, 0.2) is 18.7 Å². The average Bonchev–Trinajstić information content (AvgIpc) is 2.27. The summed E-state index contributed by atoms with van der Waals surface area (Å²) in [5.74, 6) is -0.873. The zero-order valence-corrected chi connectivity index (χ0v) is 8.67. The number of nitrogens with one attached hydrogen (secondary N) is 1. The van der Waals surface area contributed by atoms with Gasteiger partial charge in [0, 0.05) is 24.9 Å². The molecule has 1 rings (SSSR count). The molecule has 1 aromatic heterocycles. The molecule has 0 radical (unpaired) electrons. The molecule has 6 nitrogen and oxygen atoms in total. The molecule has 0 aliphatic rings. The molecule has 0 fully saturated rings. The Morgan fingerprint density at radius 1 is 1.50 bits per heavy atom. The highest BCUT2D eigenvalue weighted by molar-refractivity contribution is 5.66. The first-order valence-corrected chi connectivity index (χ1v) is 4.87. The summed E-state index contributed by atoms with van der Waals surface area (Å²) in [7, 11) is 0. The first kappa shape index (κ1) is 12.1. The Hall–Kier alpha value is -1.98. The molecule has 0 aliphatic carbocycles. The standard InChI is InChI=1S/C10H13N3O3/c14-7-13-9(1-2-10(15)16)3-8-4-11-6-12-5-8/h4-7,9H,1-3H2,(H,13,14)(H,15,16). The zero-order chi connectivity index (χ0) is 11.8. The second-order valence-corrected chi connectivity index (χ2v) is 3.36. The van der Waals surface area contributed by atoms with Gasteiger partial charge >= 0.3 is 5.97 Å². The first-order chi connectivity index (χ1) is 7.72. The van der Waals surface area contributed by atoms with Gasteiger partial charge in [-0.25, -0.2) is 9.97 Å². The van der Waals surface area contributed by atoms with Crippen LogP contribution in [0.4, 0.5) is 0 Å². The molecular weight excluding hydrogens is 210 g/mol. The van der Waals surface area contributed by atoms with E-state index in [1.807, 2.05) is 0 Å². The normalized spacial score (nSPS) is 11.8. The number of carboxylic acid groups (broad SMARTS) is 1. The van der Waals surface area contributed by atoms with Crippen LogP contribution in [-0.4, -0.2) is 33.5 Å². The third-order valence-electron chi connectivity index (χ3n) is 2.11. The van der Waals surface area contributed by atoms with Gasteiger partial charge in [-0.1, -0.05) is 0 Å². The molecule has 86 valence electrons. The van der Waals surface area contributed by atoms with Crippen LogP contribution in [-0.2, 0) is 16.0 Å². The van der Waals surface area contributed by atoms with Crippen molar-refractivity contribution in [2.24, 2.45) is 0 Å². The van der Waals surface area contributed by atoms with Gasteiger partial charge in [0.15, 0.2) is 0 Å². The van der Waals surface area contributed by atoms with Crippen molar-refractivity contribution in [1.82, 2.24) is 15.3 Å². The van der Waals surface area contributed by atoms with Crippen LogP contribution in [0.3, 0.4) is 0 Å². The number of hydrogen-bond acceptors (Lipinski definition) is 4. The van der Waals surface area contributed by atoms with Crippen LogP contribution in [0.5, 0.6) is 0 Å². The van der Waals surface area contributed by atoms with E-state index in [1.54, 1.807) is 12.4 Å². The van der Waals surface area contributed by atoms with Crippen molar-refractivity contribution in [3.63, 3.8) is 0 Å². The van der Waals surface area contributed by atoms with E-state index < -0.39 is 5.97 Å². The van der Waals surface area contributed by atoms with E-state index >= 15 is 0 Å². The number of carbonyl (C=O) groups is 2. The number of aromatic nitrogens is 2. The van der Waals surface area contributed by atoms with Crippen LogP contribution >= 0.6 is 0 Å². The molecule has 1 atom stereocenters. The van der Waals surface area contributed by atoms with Crippen molar-refractivity contribution in [2.45, 2.75) is 25.3 Å². The lowest BCUT2D eigenvalue weighted by atomic mass is 10.0. The summed E-state index contributed by atoms with van der Waals surface area (Å²) in [6.07, 6.45) is 6.24. The maximum Gasteiger partial charge on any atom is 0.303 e. The van der Waals surface area contributed by atoms with E-state index in [0.717, 1.165) is 5.56 Å². The summed E-state index contributed by atoms with van der Waals surface area (Å²) in [6.45, 7) is 0. The monoisotopic (exact) mass is 223 g/mol. The lowest BCUT2D eigenvalue weighted by Gasteiger charge is -2.14. The lowest BCUT2D eigenvalue weighted by Crippen LogP contribution is -2.30. The van der Waals surface area contributed by atoms with Crippen LogP contribution in [0.25, 0.3) is 0 Å². The Morgan fingerprint density at radius 2 is 2.19 bits per heavy atom. The van der Waals surface area contributed by atoms with Gasteiger partial charge in [0.05, 0.1) is 0 Å². The van der Waals surface area contributed by atoms with Crippen molar-refractivity contribution in [3.05, 3.63) is 24.3 Å². The molecule has 1 unspecified atom stereocenters. The van der Waals surface area contributed by atoms with Crippen molar-refractivity contribution in [2.75, 3.05) is 0 Å². The molecule has 16 heavy (non-hydrogen) atoms. The Labute approximate surface area is 92.7 Å². The number of rotatable bonds is 7. The summed E-state index contributed by atoms with van der Waals surface area (Å²) in [5, 5.41) is 11.1. The average molecular weight is 223 g/mol. The molecule has 0 bridgehead atoms. The lowest BCUT2D eigenvalue weighted by molar-refractivity contribution is -0.137. The number of nitrogens with zero attached hydrogens (tertiary/aromatic N) is 2. The van der Waals surface area contributed by atoms with Gasteiger partial charge in [0.1, 0.15) is 6.33 Å². The SMILES string of the molecule is O=CNC(CCC(=O)O)Cc1cncnc1. The van der Waals surface area contributed by atoms with Gasteiger partial charge < -0.3 is 10.4 Å². The Bertz CT molecular complexity index is 342. The minimum atomic E-state index is -0.873. The van der Waals surface area contributed by atoms with E-state index in [2.05, 4.69) is 15.3 Å². The number of carbonyl (C=O) groups excluding carboxylic acids is 1. The highest BCUT2D eigenvalue weighted by atomic mass is 16.4. The second kappa shape index (κ2) is 6.49. The fourth-order valence-corrected chi connectivity index (χ4v) is 1.36. The van der Waals surface area contributed by atoms with Crippen LogP contribution in [0, 0.1) is 0 Å². The largest absolute Gasteiger partial charge is 0.481 e. The summed E-state index contributed by atoms with van der Waals surface area (Å²) in [6, 6.07) is -0.195. The molecule has 1 amide bonds. The van der Waals surface area contributed by atoms with Crippen molar-refractivity contribution >= 4 is 12.4 Å². The quantitative estimate of drug-likeness (QED) is 0.635. The number of carboxylic acids is 1. The first-order valence-electron chi connectivity index (χ1n) is 4.87. The fraction of sp³-hybridized carbons (Fsp3) is 0.400. The van der Waals surface area contributed by atoms with Crippen LogP contribution in [0.1, 0.15) is 18.4 Å². The zero-order valence-electron chi connectivity index (χ0n) is 8.67. The summed E-state index contributed by atoms with van der Waals surface area (Å²) < 4.78 is 0. The van der Waals surface area contributed by atoms with E-state index in [4.69, 9.17) is 5.11 Å². The van der Waals surface area contributed by atoms with Gasteiger partial charge in [0.2, 0.25) is 6.41 Å². The van der Waals surface area contributed by atoms with Gasteiger partial charge in [-0.05, 0) is 18.4 Å². The number of amides is 1. The molecule has 6 heteroatoms. The van der Waals surface area contributed by atoms with Crippen LogP contribution < -0.4 is 5.32 Å². The van der Waals surface area contributed by atoms with Crippen molar-refractivity contribution in [3.8, 4) is 0 Å². The highest BCUT2D eigenvalue weighted by Crippen LogP contribution is 2.05. The smallest absolute Gasteiger partial charge is 0.303 e. The van der Waals surface area contributed by atoms with Crippen LogP contribution in [0.2, 0.25) is 0 Å². The molecule has 1 heterocycles. The molecule has 0 saturated carbocycles. The van der Waals surface area contributed by atoms with Crippen molar-refractivity contribution < 1.29 is 14.7 Å². The molecule has 0 aromatic carbocycles.